The Kier molecular flexibility index (Phi) is 9.79. The maximum absolute atomic E-state index is 5.96. The first-order valence-electron chi connectivity index (χ1n) is 7.05. The van der Waals surface area contributed by atoms with Crippen molar-refractivity contribution in [1.29, 1.82) is 0 Å². The van der Waals surface area contributed by atoms with Crippen molar-refractivity contribution in [1.82, 2.24) is 4.90 Å². The molecule has 0 aromatic rings. The molecule has 3 heteroatoms. The molecule has 0 bridgehead atoms. The normalized spacial score (nSPS) is 13.9. The molecule has 0 heterocycles. The van der Waals surface area contributed by atoms with Gasteiger partial charge >= 0.3 is 0 Å². The van der Waals surface area contributed by atoms with Crippen LogP contribution in [0.25, 0.3) is 0 Å². The lowest BCUT2D eigenvalue weighted by atomic mass is 9.99. The van der Waals surface area contributed by atoms with Gasteiger partial charge < -0.3 is 10.5 Å². The lowest BCUT2D eigenvalue weighted by Gasteiger charge is -2.37. The molecule has 0 saturated carbocycles. The highest BCUT2D eigenvalue weighted by Crippen LogP contribution is 2.17. The first-order valence-corrected chi connectivity index (χ1v) is 7.05. The van der Waals surface area contributed by atoms with E-state index in [0.717, 1.165) is 19.7 Å². The van der Waals surface area contributed by atoms with Crippen molar-refractivity contribution >= 4 is 0 Å². The third-order valence-corrected chi connectivity index (χ3v) is 3.45. The molecule has 0 aromatic heterocycles. The highest BCUT2D eigenvalue weighted by atomic mass is 16.5. The largest absolute Gasteiger partial charge is 0.383 e. The summed E-state index contributed by atoms with van der Waals surface area (Å²) in [5.74, 6) is 0.697. The first kappa shape index (κ1) is 16.9. The van der Waals surface area contributed by atoms with Crippen molar-refractivity contribution in [2.45, 2.75) is 59.0 Å². The summed E-state index contributed by atoms with van der Waals surface area (Å²) in [4.78, 5) is 2.56. The molecule has 0 rings (SSSR count). The van der Waals surface area contributed by atoms with Gasteiger partial charge in [0.25, 0.3) is 0 Å². The standard InChI is InChI=1S/C14H32N2O/c1-6-13(7-2)16(8-9-17-5)14(11-15)10-12(3)4/h12-14H,6-11,15H2,1-5H3. The average Bonchev–Trinajstić information content (AvgIpc) is 2.31. The number of methoxy groups -OCH3 is 1. The fourth-order valence-corrected chi connectivity index (χ4v) is 2.53. The van der Waals surface area contributed by atoms with Crippen LogP contribution in [-0.4, -0.2) is 43.8 Å². The van der Waals surface area contributed by atoms with E-state index in [1.54, 1.807) is 7.11 Å². The van der Waals surface area contributed by atoms with Gasteiger partial charge in [0.1, 0.15) is 0 Å². The Morgan fingerprint density at radius 1 is 1.12 bits per heavy atom. The molecule has 0 aromatic carbocycles. The van der Waals surface area contributed by atoms with E-state index in [4.69, 9.17) is 10.5 Å². The predicted molar refractivity (Wildman–Crippen MR) is 75.2 cm³/mol. The molecular formula is C14H32N2O. The lowest BCUT2D eigenvalue weighted by molar-refractivity contribution is 0.0735. The molecule has 0 saturated heterocycles. The SMILES string of the molecule is CCC(CC)N(CCOC)C(CN)CC(C)C. The molecular weight excluding hydrogens is 212 g/mol. The van der Waals surface area contributed by atoms with Crippen molar-refractivity contribution < 1.29 is 4.74 Å². The van der Waals surface area contributed by atoms with Crippen LogP contribution in [0.5, 0.6) is 0 Å². The van der Waals surface area contributed by atoms with Crippen molar-refractivity contribution in [2.24, 2.45) is 11.7 Å². The molecule has 1 atom stereocenters. The van der Waals surface area contributed by atoms with Crippen LogP contribution >= 0.6 is 0 Å². The lowest BCUT2D eigenvalue weighted by Crippen LogP contribution is -2.48. The summed E-state index contributed by atoms with van der Waals surface area (Å²) in [6.45, 7) is 11.6. The van der Waals surface area contributed by atoms with E-state index in [2.05, 4.69) is 32.6 Å². The number of nitrogens with zero attached hydrogens (tertiary/aromatic N) is 1. The van der Waals surface area contributed by atoms with Gasteiger partial charge in [-0.1, -0.05) is 27.7 Å². The Balaban J connectivity index is 4.59. The fourth-order valence-electron chi connectivity index (χ4n) is 2.53. The van der Waals surface area contributed by atoms with Crippen molar-refractivity contribution in [3.63, 3.8) is 0 Å². The van der Waals surface area contributed by atoms with E-state index >= 15 is 0 Å². The van der Waals surface area contributed by atoms with Crippen molar-refractivity contribution in [3.05, 3.63) is 0 Å². The van der Waals surface area contributed by atoms with E-state index < -0.39 is 0 Å². The molecule has 0 aliphatic carbocycles. The summed E-state index contributed by atoms with van der Waals surface area (Å²) in [5, 5.41) is 0. The third-order valence-electron chi connectivity index (χ3n) is 3.45. The van der Waals surface area contributed by atoms with Crippen molar-refractivity contribution in [2.75, 3.05) is 26.8 Å². The van der Waals surface area contributed by atoms with Crippen LogP contribution in [0.4, 0.5) is 0 Å². The second-order valence-corrected chi connectivity index (χ2v) is 5.22. The first-order chi connectivity index (χ1) is 8.10. The maximum Gasteiger partial charge on any atom is 0.0589 e. The number of hydrogen-bond acceptors (Lipinski definition) is 3. The monoisotopic (exact) mass is 244 g/mol. The third kappa shape index (κ3) is 6.39. The Labute approximate surface area is 108 Å². The van der Waals surface area contributed by atoms with Crippen LogP contribution in [0.2, 0.25) is 0 Å². The quantitative estimate of drug-likeness (QED) is 0.642. The topological polar surface area (TPSA) is 38.5 Å². The van der Waals surface area contributed by atoms with Gasteiger partial charge in [-0.05, 0) is 25.2 Å². The Morgan fingerprint density at radius 3 is 2.06 bits per heavy atom. The van der Waals surface area contributed by atoms with Crippen LogP contribution in [0.15, 0.2) is 0 Å². The zero-order chi connectivity index (χ0) is 13.3. The van der Waals surface area contributed by atoms with Crippen LogP contribution in [0.1, 0.15) is 47.0 Å². The molecule has 1 unspecified atom stereocenters. The molecule has 0 aliphatic heterocycles. The number of rotatable bonds is 10. The van der Waals surface area contributed by atoms with Gasteiger partial charge in [0.15, 0.2) is 0 Å². The van der Waals surface area contributed by atoms with Crippen LogP contribution in [-0.2, 0) is 4.74 Å². The molecule has 0 radical (unpaired) electrons. The Bertz CT molecular complexity index is 170. The minimum absolute atomic E-state index is 0.495. The number of ether oxygens (including phenoxy) is 1. The van der Waals surface area contributed by atoms with E-state index in [9.17, 15) is 0 Å². The highest BCUT2D eigenvalue weighted by molar-refractivity contribution is 4.79. The molecule has 17 heavy (non-hydrogen) atoms. The molecule has 0 amide bonds. The summed E-state index contributed by atoms with van der Waals surface area (Å²) in [7, 11) is 1.77. The van der Waals surface area contributed by atoms with Gasteiger partial charge in [0.05, 0.1) is 6.61 Å². The van der Waals surface area contributed by atoms with Gasteiger partial charge in [-0.25, -0.2) is 0 Å². The molecule has 2 N–H and O–H groups in total. The molecule has 0 aliphatic rings. The predicted octanol–water partition coefficient (Wildman–Crippen LogP) is 2.50. The van der Waals surface area contributed by atoms with Gasteiger partial charge in [0.2, 0.25) is 0 Å². The van der Waals surface area contributed by atoms with Crippen molar-refractivity contribution in [3.8, 4) is 0 Å². The van der Waals surface area contributed by atoms with Gasteiger partial charge in [0, 0.05) is 32.3 Å². The minimum Gasteiger partial charge on any atom is -0.383 e. The van der Waals surface area contributed by atoms with Gasteiger partial charge in [-0.15, -0.1) is 0 Å². The summed E-state index contributed by atoms with van der Waals surface area (Å²) >= 11 is 0. The van der Waals surface area contributed by atoms with Gasteiger partial charge in [-0.2, -0.15) is 0 Å². The molecule has 0 spiro atoms. The second-order valence-electron chi connectivity index (χ2n) is 5.22. The maximum atomic E-state index is 5.96. The molecule has 3 nitrogen and oxygen atoms in total. The van der Waals surface area contributed by atoms with Crippen LogP contribution < -0.4 is 5.73 Å². The zero-order valence-electron chi connectivity index (χ0n) is 12.4. The molecule has 104 valence electrons. The summed E-state index contributed by atoms with van der Waals surface area (Å²) in [6, 6.07) is 1.13. The number of nitrogens with two attached hydrogens (primary N) is 1. The van der Waals surface area contributed by atoms with E-state index in [0.29, 0.717) is 18.0 Å². The average molecular weight is 244 g/mol. The fraction of sp³-hybridized carbons (Fsp3) is 1.00. The summed E-state index contributed by atoms with van der Waals surface area (Å²) < 4.78 is 5.23. The smallest absolute Gasteiger partial charge is 0.0589 e. The summed E-state index contributed by atoms with van der Waals surface area (Å²) in [5.41, 5.74) is 5.96. The van der Waals surface area contributed by atoms with Crippen LogP contribution in [0.3, 0.4) is 0 Å². The Morgan fingerprint density at radius 2 is 1.71 bits per heavy atom. The zero-order valence-corrected chi connectivity index (χ0v) is 12.4. The Hall–Kier alpha value is -0.120. The van der Waals surface area contributed by atoms with E-state index in [1.165, 1.54) is 19.3 Å². The second kappa shape index (κ2) is 9.86. The number of hydrogen-bond donors (Lipinski definition) is 1. The molecule has 0 fully saturated rings. The van der Waals surface area contributed by atoms with Gasteiger partial charge in [-0.3, -0.25) is 4.90 Å². The van der Waals surface area contributed by atoms with E-state index in [1.807, 2.05) is 0 Å². The highest BCUT2D eigenvalue weighted by Gasteiger charge is 2.23. The van der Waals surface area contributed by atoms with E-state index in [-0.39, 0.29) is 0 Å². The summed E-state index contributed by atoms with van der Waals surface area (Å²) in [6.07, 6.45) is 3.56. The minimum atomic E-state index is 0.495. The van der Waals surface area contributed by atoms with Crippen LogP contribution in [0, 0.1) is 5.92 Å².